The predicted molar refractivity (Wildman–Crippen MR) is 147 cm³/mol. The van der Waals surface area contributed by atoms with Gasteiger partial charge in [0, 0.05) is 18.2 Å². The average Bonchev–Trinajstić information content (AvgIpc) is 3.32. The lowest BCUT2D eigenvalue weighted by atomic mass is 9.82. The molecule has 1 aliphatic heterocycles. The Balaban J connectivity index is 1.38. The van der Waals surface area contributed by atoms with E-state index in [1.54, 1.807) is 6.07 Å². The normalized spacial score (nSPS) is 19.9. The highest BCUT2D eigenvalue weighted by molar-refractivity contribution is 5.85. The molecular weight excluding hydrogens is 497 g/mol. The first kappa shape index (κ1) is 26.0. The second-order valence-electron chi connectivity index (χ2n) is 11.2. The van der Waals surface area contributed by atoms with Crippen molar-refractivity contribution in [3.8, 4) is 17.2 Å². The summed E-state index contributed by atoms with van der Waals surface area (Å²) in [6, 6.07) is 9.95. The quantitative estimate of drug-likeness (QED) is 0.366. The number of nitrogens with zero attached hydrogens (tertiary/aromatic N) is 2. The number of carbonyl (C=O) groups is 1. The molecule has 2 heterocycles. The third-order valence-electron chi connectivity index (χ3n) is 8.46. The van der Waals surface area contributed by atoms with Crippen molar-refractivity contribution in [3.05, 3.63) is 48.0 Å². The number of aromatic nitrogens is 2. The van der Waals surface area contributed by atoms with E-state index in [-0.39, 0.29) is 23.7 Å². The van der Waals surface area contributed by atoms with Crippen LogP contribution < -0.4 is 19.5 Å². The van der Waals surface area contributed by atoms with Gasteiger partial charge >= 0.3 is 0 Å². The fourth-order valence-electron chi connectivity index (χ4n) is 6.55. The zero-order valence-electron chi connectivity index (χ0n) is 22.7. The molecule has 2 unspecified atom stereocenters. The van der Waals surface area contributed by atoms with Crippen LogP contribution in [0.5, 0.6) is 17.2 Å². The molecule has 1 aromatic heterocycles. The zero-order chi connectivity index (χ0) is 26.8. The fourth-order valence-corrected chi connectivity index (χ4v) is 6.55. The van der Waals surface area contributed by atoms with Crippen LogP contribution in [0, 0.1) is 11.7 Å². The summed E-state index contributed by atoms with van der Waals surface area (Å²) < 4.78 is 34.1. The molecule has 0 radical (unpaired) electrons. The molecule has 6 rings (SSSR count). The third kappa shape index (κ3) is 5.56. The van der Waals surface area contributed by atoms with Crippen LogP contribution in [0.1, 0.15) is 89.1 Å². The van der Waals surface area contributed by atoms with E-state index in [1.807, 2.05) is 29.7 Å². The van der Waals surface area contributed by atoms with Gasteiger partial charge in [-0.2, -0.15) is 0 Å². The SMILES string of the molecule is CC(Oc1ccc2c(c1)OCCO2)c1nc2cc(F)ccc2n1C(C(=O)NC1CCCCC1)C1CCCCC1. The van der Waals surface area contributed by atoms with Gasteiger partial charge in [-0.1, -0.05) is 38.5 Å². The largest absolute Gasteiger partial charge is 0.486 e. The van der Waals surface area contributed by atoms with Crippen LogP contribution in [0.2, 0.25) is 0 Å². The molecule has 3 aromatic rings. The number of fused-ring (bicyclic) bond motifs is 2. The van der Waals surface area contributed by atoms with Gasteiger partial charge in [-0.15, -0.1) is 0 Å². The van der Waals surface area contributed by atoms with Crippen LogP contribution in [0.3, 0.4) is 0 Å². The lowest BCUT2D eigenvalue weighted by molar-refractivity contribution is -0.127. The van der Waals surface area contributed by atoms with Crippen molar-refractivity contribution in [2.24, 2.45) is 5.92 Å². The van der Waals surface area contributed by atoms with E-state index in [4.69, 9.17) is 19.2 Å². The van der Waals surface area contributed by atoms with Gasteiger partial charge < -0.3 is 24.1 Å². The van der Waals surface area contributed by atoms with Gasteiger partial charge in [-0.05, 0) is 62.8 Å². The highest BCUT2D eigenvalue weighted by Crippen LogP contribution is 2.39. The maximum atomic E-state index is 14.3. The summed E-state index contributed by atoms with van der Waals surface area (Å²) in [5.41, 5.74) is 1.30. The Hall–Kier alpha value is -3.29. The zero-order valence-corrected chi connectivity index (χ0v) is 22.7. The summed E-state index contributed by atoms with van der Waals surface area (Å²) in [5, 5.41) is 3.40. The Morgan fingerprint density at radius 1 is 0.974 bits per heavy atom. The summed E-state index contributed by atoms with van der Waals surface area (Å²) in [6.07, 6.45) is 10.5. The smallest absolute Gasteiger partial charge is 0.243 e. The van der Waals surface area contributed by atoms with Gasteiger partial charge in [-0.3, -0.25) is 4.79 Å². The fraction of sp³-hybridized carbons (Fsp3) is 0.548. The molecule has 1 amide bonds. The number of ether oxygens (including phenoxy) is 3. The minimum atomic E-state index is -0.489. The molecule has 208 valence electrons. The third-order valence-corrected chi connectivity index (χ3v) is 8.46. The molecule has 8 heteroatoms. The molecule has 2 saturated carbocycles. The number of rotatable bonds is 7. The van der Waals surface area contributed by atoms with Crippen molar-refractivity contribution < 1.29 is 23.4 Å². The van der Waals surface area contributed by atoms with E-state index < -0.39 is 12.1 Å². The topological polar surface area (TPSA) is 74.6 Å². The van der Waals surface area contributed by atoms with Crippen LogP contribution >= 0.6 is 0 Å². The van der Waals surface area contributed by atoms with E-state index >= 15 is 0 Å². The minimum Gasteiger partial charge on any atom is -0.486 e. The number of amides is 1. The van der Waals surface area contributed by atoms with Crippen molar-refractivity contribution in [1.29, 1.82) is 0 Å². The number of carbonyl (C=O) groups excluding carboxylic acids is 1. The molecular formula is C31H38FN3O4. The Morgan fingerprint density at radius 2 is 1.69 bits per heavy atom. The van der Waals surface area contributed by atoms with Gasteiger partial charge in [-0.25, -0.2) is 9.37 Å². The van der Waals surface area contributed by atoms with Gasteiger partial charge in [0.2, 0.25) is 5.91 Å². The van der Waals surface area contributed by atoms with Crippen LogP contribution in [0.15, 0.2) is 36.4 Å². The number of hydrogen-bond acceptors (Lipinski definition) is 5. The number of benzene rings is 2. The highest BCUT2D eigenvalue weighted by atomic mass is 19.1. The molecule has 39 heavy (non-hydrogen) atoms. The van der Waals surface area contributed by atoms with Crippen LogP contribution in [0.4, 0.5) is 4.39 Å². The summed E-state index contributed by atoms with van der Waals surface area (Å²) in [6.45, 7) is 2.95. The van der Waals surface area contributed by atoms with E-state index in [9.17, 15) is 9.18 Å². The maximum Gasteiger partial charge on any atom is 0.243 e. The molecule has 0 bridgehead atoms. The van der Waals surface area contributed by atoms with E-state index in [2.05, 4.69) is 5.32 Å². The minimum absolute atomic E-state index is 0.0465. The Kier molecular flexibility index (Phi) is 7.62. The summed E-state index contributed by atoms with van der Waals surface area (Å²) >= 11 is 0. The maximum absolute atomic E-state index is 14.3. The Bertz CT molecular complexity index is 1310. The molecule has 0 saturated heterocycles. The van der Waals surface area contributed by atoms with Crippen molar-refractivity contribution in [1.82, 2.24) is 14.9 Å². The first-order chi connectivity index (χ1) is 19.1. The van der Waals surface area contributed by atoms with Gasteiger partial charge in [0.05, 0.1) is 11.0 Å². The number of halogens is 1. The van der Waals surface area contributed by atoms with Gasteiger partial charge in [0.15, 0.2) is 23.4 Å². The number of imidazole rings is 1. The van der Waals surface area contributed by atoms with Crippen molar-refractivity contribution >= 4 is 16.9 Å². The predicted octanol–water partition coefficient (Wildman–Crippen LogP) is 6.66. The van der Waals surface area contributed by atoms with E-state index in [0.717, 1.165) is 56.9 Å². The first-order valence-electron chi connectivity index (χ1n) is 14.6. The number of hydrogen-bond donors (Lipinski definition) is 1. The molecule has 2 aliphatic carbocycles. The van der Waals surface area contributed by atoms with Gasteiger partial charge in [0.1, 0.15) is 30.8 Å². The lowest BCUT2D eigenvalue weighted by Gasteiger charge is -2.34. The van der Waals surface area contributed by atoms with Crippen molar-refractivity contribution in [3.63, 3.8) is 0 Å². The van der Waals surface area contributed by atoms with Crippen LogP contribution in [-0.4, -0.2) is 34.7 Å². The van der Waals surface area contributed by atoms with E-state index in [1.165, 1.54) is 25.0 Å². The summed E-state index contributed by atoms with van der Waals surface area (Å²) in [5.74, 6) is 2.47. The van der Waals surface area contributed by atoms with Gasteiger partial charge in [0.25, 0.3) is 0 Å². The summed E-state index contributed by atoms with van der Waals surface area (Å²) in [4.78, 5) is 19.0. The van der Waals surface area contributed by atoms with E-state index in [0.29, 0.717) is 41.8 Å². The Morgan fingerprint density at radius 3 is 2.46 bits per heavy atom. The van der Waals surface area contributed by atoms with Crippen LogP contribution in [0.25, 0.3) is 11.0 Å². The average molecular weight is 536 g/mol. The summed E-state index contributed by atoms with van der Waals surface area (Å²) in [7, 11) is 0. The molecule has 2 aromatic carbocycles. The molecule has 3 aliphatic rings. The van der Waals surface area contributed by atoms with Crippen molar-refractivity contribution in [2.45, 2.75) is 89.3 Å². The molecule has 0 spiro atoms. The van der Waals surface area contributed by atoms with Crippen molar-refractivity contribution in [2.75, 3.05) is 13.2 Å². The first-order valence-corrected chi connectivity index (χ1v) is 14.6. The molecule has 7 nitrogen and oxygen atoms in total. The monoisotopic (exact) mass is 535 g/mol. The molecule has 2 fully saturated rings. The Labute approximate surface area is 229 Å². The number of nitrogens with one attached hydrogen (secondary N) is 1. The lowest BCUT2D eigenvalue weighted by Crippen LogP contribution is -2.44. The second kappa shape index (κ2) is 11.4. The molecule has 2 atom stereocenters. The second-order valence-corrected chi connectivity index (χ2v) is 11.2. The molecule has 1 N–H and O–H groups in total. The standard InChI is InChI=1S/C31H38FN3O4/c1-20(39-24-13-15-27-28(19-24)38-17-16-37-27)30-34-25-18-22(32)12-14-26(25)35(30)29(21-8-4-2-5-9-21)31(36)33-23-10-6-3-7-11-23/h12-15,18-21,23,29H,2-11,16-17H2,1H3,(H,33,36). The van der Waals surface area contributed by atoms with Crippen LogP contribution in [-0.2, 0) is 4.79 Å². The highest BCUT2D eigenvalue weighted by Gasteiger charge is 2.36.